The summed E-state index contributed by atoms with van der Waals surface area (Å²) in [5, 5.41) is 0. The summed E-state index contributed by atoms with van der Waals surface area (Å²) in [4.78, 5) is 20.8. The van der Waals surface area contributed by atoms with Crippen LogP contribution in [0.1, 0.15) is 10.4 Å². The number of pyridine rings is 1. The van der Waals surface area contributed by atoms with E-state index in [4.69, 9.17) is 0 Å². The third kappa shape index (κ3) is 2.92. The van der Waals surface area contributed by atoms with Crippen LogP contribution in [0.4, 0.5) is 0 Å². The van der Waals surface area contributed by atoms with E-state index in [0.29, 0.717) is 10.3 Å². The molecule has 1 amide bonds. The highest BCUT2D eigenvalue weighted by Gasteiger charge is 2.05. The molecule has 0 saturated carbocycles. The molecule has 0 fully saturated rings. The lowest BCUT2D eigenvalue weighted by atomic mass is 10.3. The third-order valence-corrected chi connectivity index (χ3v) is 2.36. The molecule has 1 aromatic rings. The monoisotopic (exact) mass is 255 g/mol. The van der Waals surface area contributed by atoms with Crippen LogP contribution in [-0.2, 0) is 0 Å². The molecule has 5 heteroatoms. The van der Waals surface area contributed by atoms with Gasteiger partial charge in [-0.25, -0.2) is 0 Å². The molecule has 14 heavy (non-hydrogen) atoms. The Hall–Kier alpha value is -1.23. The van der Waals surface area contributed by atoms with E-state index < -0.39 is 0 Å². The van der Waals surface area contributed by atoms with Crippen molar-refractivity contribution in [1.29, 1.82) is 0 Å². The van der Waals surface area contributed by atoms with Crippen LogP contribution in [0, 0.1) is 0 Å². The van der Waals surface area contributed by atoms with Gasteiger partial charge in [0.05, 0.1) is 5.56 Å². The van der Waals surface area contributed by atoms with Crippen LogP contribution in [0.25, 0.3) is 0 Å². The molecule has 0 unspecified atom stereocenters. The summed E-state index contributed by atoms with van der Waals surface area (Å²) in [6.45, 7) is 0. The summed E-state index contributed by atoms with van der Waals surface area (Å²) in [6.07, 6.45) is 3.10. The molecule has 0 saturated heterocycles. The molecule has 1 aromatic heterocycles. The predicted octanol–water partition coefficient (Wildman–Crippen LogP) is 1.53. The largest absolute Gasteiger partial charge is 0.357 e. The summed E-state index contributed by atoms with van der Waals surface area (Å²) in [5.74, 6) is -0.307. The second-order valence-corrected chi connectivity index (χ2v) is 3.53. The van der Waals surface area contributed by atoms with Crippen LogP contribution in [0.2, 0.25) is 0 Å². The van der Waals surface area contributed by atoms with E-state index in [-0.39, 0.29) is 5.91 Å². The van der Waals surface area contributed by atoms with E-state index >= 15 is 0 Å². The molecular formula is C9H10BrN3O. The van der Waals surface area contributed by atoms with Gasteiger partial charge in [-0.1, -0.05) is 0 Å². The van der Waals surface area contributed by atoms with Crippen molar-refractivity contribution in [2.75, 3.05) is 14.1 Å². The Kier molecular flexibility index (Phi) is 3.76. The average Bonchev–Trinajstić information content (AvgIpc) is 2.19. The van der Waals surface area contributed by atoms with Gasteiger partial charge in [-0.15, -0.1) is 0 Å². The minimum atomic E-state index is -0.307. The maximum atomic E-state index is 11.5. The number of halogens is 1. The van der Waals surface area contributed by atoms with Gasteiger partial charge in [0.2, 0.25) is 0 Å². The van der Waals surface area contributed by atoms with Crippen molar-refractivity contribution in [2.24, 2.45) is 4.99 Å². The molecular weight excluding hydrogens is 246 g/mol. The molecule has 0 radical (unpaired) electrons. The molecule has 0 atom stereocenters. The lowest BCUT2D eigenvalue weighted by Gasteiger charge is -2.07. The van der Waals surface area contributed by atoms with E-state index in [1.165, 1.54) is 6.20 Å². The van der Waals surface area contributed by atoms with Crippen LogP contribution in [0.15, 0.2) is 29.5 Å². The maximum absolute atomic E-state index is 11.5. The highest BCUT2D eigenvalue weighted by molar-refractivity contribution is 9.18. The van der Waals surface area contributed by atoms with Crippen molar-refractivity contribution in [1.82, 2.24) is 9.88 Å². The zero-order valence-corrected chi connectivity index (χ0v) is 9.52. The molecule has 0 N–H and O–H groups in total. The van der Waals surface area contributed by atoms with E-state index in [1.807, 2.05) is 0 Å². The van der Waals surface area contributed by atoms with Crippen molar-refractivity contribution in [2.45, 2.75) is 0 Å². The predicted molar refractivity (Wildman–Crippen MR) is 58.6 cm³/mol. The number of rotatable bonds is 1. The second kappa shape index (κ2) is 4.85. The van der Waals surface area contributed by atoms with Gasteiger partial charge in [-0.2, -0.15) is 4.99 Å². The Morgan fingerprint density at radius 1 is 1.57 bits per heavy atom. The van der Waals surface area contributed by atoms with Crippen LogP contribution in [0.5, 0.6) is 0 Å². The summed E-state index contributed by atoms with van der Waals surface area (Å²) < 4.78 is 0.492. The maximum Gasteiger partial charge on any atom is 0.280 e. The van der Waals surface area contributed by atoms with E-state index in [9.17, 15) is 4.79 Å². The highest BCUT2D eigenvalue weighted by atomic mass is 79.9. The van der Waals surface area contributed by atoms with Gasteiger partial charge in [0.25, 0.3) is 5.91 Å². The number of aromatic nitrogens is 1. The van der Waals surface area contributed by atoms with E-state index in [1.54, 1.807) is 37.3 Å². The van der Waals surface area contributed by atoms with Gasteiger partial charge >= 0.3 is 0 Å². The van der Waals surface area contributed by atoms with Crippen LogP contribution >= 0.6 is 15.9 Å². The first-order chi connectivity index (χ1) is 6.61. The summed E-state index contributed by atoms with van der Waals surface area (Å²) in [6, 6.07) is 3.38. The van der Waals surface area contributed by atoms with Crippen molar-refractivity contribution in [3.63, 3.8) is 0 Å². The molecule has 74 valence electrons. The number of amides is 1. The molecule has 0 aliphatic heterocycles. The fourth-order valence-electron chi connectivity index (χ4n) is 0.738. The summed E-state index contributed by atoms with van der Waals surface area (Å²) in [5.41, 5.74) is 0.478. The minimum absolute atomic E-state index is 0.307. The molecule has 1 rings (SSSR count). The van der Waals surface area contributed by atoms with Gasteiger partial charge in [0.15, 0.2) is 4.74 Å². The Balaban J connectivity index is 2.83. The van der Waals surface area contributed by atoms with Gasteiger partial charge in [-0.3, -0.25) is 9.78 Å². The molecule has 4 nitrogen and oxygen atoms in total. The van der Waals surface area contributed by atoms with Crippen LogP contribution in [0.3, 0.4) is 0 Å². The second-order valence-electron chi connectivity index (χ2n) is 2.82. The zero-order valence-electron chi connectivity index (χ0n) is 7.94. The number of hydrogen-bond acceptors (Lipinski definition) is 2. The fraction of sp³-hybridized carbons (Fsp3) is 0.222. The molecule has 0 spiro atoms. The van der Waals surface area contributed by atoms with Gasteiger partial charge in [-0.05, 0) is 28.1 Å². The van der Waals surface area contributed by atoms with Crippen molar-refractivity contribution >= 4 is 26.6 Å². The quantitative estimate of drug-likeness (QED) is 0.435. The van der Waals surface area contributed by atoms with Crippen LogP contribution in [-0.4, -0.2) is 34.6 Å². The van der Waals surface area contributed by atoms with Gasteiger partial charge in [0, 0.05) is 26.5 Å². The Morgan fingerprint density at radius 2 is 2.29 bits per heavy atom. The first-order valence-corrected chi connectivity index (χ1v) is 4.76. The SMILES string of the molecule is CN(C)C(Br)=NC(=O)c1cccnc1. The number of hydrogen-bond donors (Lipinski definition) is 0. The normalized spacial score (nSPS) is 11.2. The molecule has 0 aliphatic rings. The lowest BCUT2D eigenvalue weighted by Crippen LogP contribution is -2.17. The standard InChI is InChI=1S/C9H10BrN3O/c1-13(2)9(10)12-8(14)7-4-3-5-11-6-7/h3-6H,1-2H3. The molecule has 0 aromatic carbocycles. The summed E-state index contributed by atoms with van der Waals surface area (Å²) >= 11 is 3.17. The van der Waals surface area contributed by atoms with Gasteiger partial charge < -0.3 is 4.90 Å². The Bertz CT molecular complexity index is 348. The number of carbonyl (C=O) groups is 1. The third-order valence-electron chi connectivity index (χ3n) is 1.47. The minimum Gasteiger partial charge on any atom is -0.357 e. The topological polar surface area (TPSA) is 45.6 Å². The smallest absolute Gasteiger partial charge is 0.280 e. The first-order valence-electron chi connectivity index (χ1n) is 3.97. The highest BCUT2D eigenvalue weighted by Crippen LogP contribution is 2.02. The Morgan fingerprint density at radius 3 is 2.79 bits per heavy atom. The molecule has 0 aliphatic carbocycles. The zero-order chi connectivity index (χ0) is 10.6. The number of aliphatic imine (C=N–C) groups is 1. The van der Waals surface area contributed by atoms with Crippen LogP contribution < -0.4 is 0 Å². The average molecular weight is 256 g/mol. The number of nitrogens with zero attached hydrogens (tertiary/aromatic N) is 3. The van der Waals surface area contributed by atoms with E-state index in [2.05, 4.69) is 25.9 Å². The molecule has 1 heterocycles. The number of carbonyl (C=O) groups excluding carboxylic acids is 1. The van der Waals surface area contributed by atoms with Gasteiger partial charge in [0.1, 0.15) is 0 Å². The lowest BCUT2D eigenvalue weighted by molar-refractivity contribution is 0.100. The summed E-state index contributed by atoms with van der Waals surface area (Å²) in [7, 11) is 3.59. The van der Waals surface area contributed by atoms with Crippen molar-refractivity contribution < 1.29 is 4.79 Å². The fourth-order valence-corrected chi connectivity index (χ4v) is 0.899. The Labute approximate surface area is 90.8 Å². The van der Waals surface area contributed by atoms with Crippen molar-refractivity contribution in [3.05, 3.63) is 30.1 Å². The first kappa shape index (κ1) is 10.8. The number of amidine groups is 1. The van der Waals surface area contributed by atoms with Crippen molar-refractivity contribution in [3.8, 4) is 0 Å². The molecule has 0 bridgehead atoms. The van der Waals surface area contributed by atoms with E-state index in [0.717, 1.165) is 0 Å².